The van der Waals surface area contributed by atoms with Crippen LogP contribution in [-0.4, -0.2) is 45.4 Å². The van der Waals surface area contributed by atoms with Gasteiger partial charge in [0, 0.05) is 36.6 Å². The van der Waals surface area contributed by atoms with E-state index >= 15 is 0 Å². The molecule has 1 aliphatic rings. The van der Waals surface area contributed by atoms with Crippen molar-refractivity contribution in [3.05, 3.63) is 107 Å². The molecule has 0 aliphatic carbocycles. The van der Waals surface area contributed by atoms with E-state index in [0.29, 0.717) is 15.8 Å². The number of aromatic carboxylic acids is 1. The van der Waals surface area contributed by atoms with Crippen LogP contribution in [0.2, 0.25) is 5.02 Å². The second-order valence-corrected chi connectivity index (χ2v) is 9.59. The van der Waals surface area contributed by atoms with Gasteiger partial charge in [-0.15, -0.1) is 0 Å². The van der Waals surface area contributed by atoms with Crippen molar-refractivity contribution in [2.24, 2.45) is 0 Å². The number of halogens is 1. The molecule has 5 rings (SSSR count). The normalized spacial score (nSPS) is 16.7. The Balaban J connectivity index is 1.58. The molecule has 1 aliphatic heterocycles. The molecule has 198 valence electrons. The van der Waals surface area contributed by atoms with Crippen LogP contribution in [0.4, 0.5) is 11.4 Å². The minimum absolute atomic E-state index is 0.0868. The molecule has 0 radical (unpaired) electrons. The molecule has 3 N–H and O–H groups in total. The van der Waals surface area contributed by atoms with Crippen molar-refractivity contribution >= 4 is 52.2 Å². The number of nitrogens with zero attached hydrogens (tertiary/aromatic N) is 3. The molecule has 1 saturated heterocycles. The van der Waals surface area contributed by atoms with Crippen LogP contribution in [0.15, 0.2) is 85.2 Å². The summed E-state index contributed by atoms with van der Waals surface area (Å²) in [4.78, 5) is 29.9. The third-order valence-corrected chi connectivity index (χ3v) is 6.98. The van der Waals surface area contributed by atoms with Crippen molar-refractivity contribution < 1.29 is 19.4 Å². The highest BCUT2D eigenvalue weighted by Crippen LogP contribution is 2.43. The largest absolute Gasteiger partial charge is 0.478 e. The van der Waals surface area contributed by atoms with Crippen molar-refractivity contribution in [1.29, 1.82) is 0 Å². The number of carbonyl (C=O) groups excluding carboxylic acids is 1. The molecule has 3 heterocycles. The van der Waals surface area contributed by atoms with E-state index in [1.54, 1.807) is 42.6 Å². The molecule has 0 bridgehead atoms. The Hall–Kier alpha value is -4.25. The van der Waals surface area contributed by atoms with E-state index in [-0.39, 0.29) is 30.2 Å². The maximum atomic E-state index is 12.0. The zero-order chi connectivity index (χ0) is 27.5. The lowest BCUT2D eigenvalue weighted by Crippen LogP contribution is -2.30. The summed E-state index contributed by atoms with van der Waals surface area (Å²) in [5.74, 6) is -1.30. The minimum Gasteiger partial charge on any atom is -0.478 e. The summed E-state index contributed by atoms with van der Waals surface area (Å²) in [5.41, 5.74) is 3.88. The van der Waals surface area contributed by atoms with Gasteiger partial charge in [0.1, 0.15) is 12.6 Å². The molecule has 0 unspecified atom stereocenters. The predicted octanol–water partition coefficient (Wildman–Crippen LogP) is 4.99. The van der Waals surface area contributed by atoms with Crippen molar-refractivity contribution in [2.45, 2.75) is 12.1 Å². The summed E-state index contributed by atoms with van der Waals surface area (Å²) in [7, 11) is 1.44. The average Bonchev–Trinajstić information content (AvgIpc) is 3.55. The SMILES string of the molecule is COCC(=O)Nc1ccc(N2C(=S)N[C@@H](c3ccccn3)[C@H]2c2cccn2-c2ccc(C(=O)O)cc2)cc1Cl. The zero-order valence-corrected chi connectivity index (χ0v) is 22.3. The standard InChI is InChI=1S/C28H24ClN5O4S/c1-38-16-24(35)31-21-12-11-19(15-20(21)29)34-26(25(32-28(34)39)22-5-2-3-13-30-22)23-6-4-14-33(23)18-9-7-17(8-10-18)27(36)37/h2-15,25-26H,16H2,1H3,(H,31,35)(H,32,39)(H,36,37)/t25-,26+/m0/s1. The number of carboxylic acids is 1. The first kappa shape index (κ1) is 26.4. The number of carboxylic acid groups (broad SMARTS) is 1. The Morgan fingerprint density at radius 3 is 2.54 bits per heavy atom. The summed E-state index contributed by atoms with van der Waals surface area (Å²) in [6.45, 7) is -0.0868. The Kier molecular flexibility index (Phi) is 7.60. The lowest BCUT2D eigenvalue weighted by atomic mass is 10.0. The van der Waals surface area contributed by atoms with Gasteiger partial charge in [-0.1, -0.05) is 17.7 Å². The first-order valence-corrected chi connectivity index (χ1v) is 12.8. The number of ether oxygens (including phenoxy) is 1. The van der Waals surface area contributed by atoms with Crippen molar-refractivity contribution in [3.8, 4) is 5.69 Å². The van der Waals surface area contributed by atoms with Crippen LogP contribution in [0, 0.1) is 0 Å². The fourth-order valence-electron chi connectivity index (χ4n) is 4.64. The van der Waals surface area contributed by atoms with E-state index in [1.807, 2.05) is 52.1 Å². The summed E-state index contributed by atoms with van der Waals surface area (Å²) < 4.78 is 6.88. The van der Waals surface area contributed by atoms with Gasteiger partial charge in [0.15, 0.2) is 5.11 Å². The van der Waals surface area contributed by atoms with E-state index in [0.717, 1.165) is 22.8 Å². The zero-order valence-electron chi connectivity index (χ0n) is 20.7. The Morgan fingerprint density at radius 1 is 1.10 bits per heavy atom. The maximum Gasteiger partial charge on any atom is 0.335 e. The number of carbonyl (C=O) groups is 2. The highest BCUT2D eigenvalue weighted by Gasteiger charge is 2.42. The average molecular weight is 562 g/mol. The quantitative estimate of drug-likeness (QED) is 0.258. The van der Waals surface area contributed by atoms with Crippen LogP contribution < -0.4 is 15.5 Å². The van der Waals surface area contributed by atoms with Gasteiger partial charge in [-0.25, -0.2) is 4.79 Å². The molecular weight excluding hydrogens is 538 g/mol. The van der Waals surface area contributed by atoms with E-state index in [9.17, 15) is 14.7 Å². The van der Waals surface area contributed by atoms with Gasteiger partial charge in [-0.2, -0.15) is 0 Å². The Morgan fingerprint density at radius 2 is 1.87 bits per heavy atom. The number of thiocarbonyl (C=S) groups is 1. The number of nitrogens with one attached hydrogen (secondary N) is 2. The number of anilines is 2. The molecular formula is C28H24ClN5O4S. The van der Waals surface area contributed by atoms with E-state index in [4.69, 9.17) is 28.6 Å². The number of methoxy groups -OCH3 is 1. The fourth-order valence-corrected chi connectivity index (χ4v) is 5.21. The van der Waals surface area contributed by atoms with Crippen LogP contribution in [0.3, 0.4) is 0 Å². The monoisotopic (exact) mass is 561 g/mol. The van der Waals surface area contributed by atoms with Gasteiger partial charge in [-0.3, -0.25) is 9.78 Å². The topological polar surface area (TPSA) is 109 Å². The third-order valence-electron chi connectivity index (χ3n) is 6.35. The van der Waals surface area contributed by atoms with Crippen LogP contribution in [0.5, 0.6) is 0 Å². The highest BCUT2D eigenvalue weighted by molar-refractivity contribution is 7.80. The van der Waals surface area contributed by atoms with E-state index in [1.165, 1.54) is 7.11 Å². The summed E-state index contributed by atoms with van der Waals surface area (Å²) >= 11 is 12.4. The number of amides is 1. The molecule has 39 heavy (non-hydrogen) atoms. The van der Waals surface area contributed by atoms with Gasteiger partial charge in [0.25, 0.3) is 0 Å². The number of hydrogen-bond donors (Lipinski definition) is 3. The molecule has 9 nitrogen and oxygen atoms in total. The number of aromatic nitrogens is 2. The van der Waals surface area contributed by atoms with Gasteiger partial charge in [0.05, 0.1) is 28.0 Å². The number of benzene rings is 2. The van der Waals surface area contributed by atoms with Crippen molar-refractivity contribution in [2.75, 3.05) is 23.9 Å². The Bertz CT molecular complexity index is 1530. The van der Waals surface area contributed by atoms with Crippen molar-refractivity contribution in [1.82, 2.24) is 14.9 Å². The highest BCUT2D eigenvalue weighted by atomic mass is 35.5. The Labute approximate surface area is 235 Å². The molecule has 2 atom stereocenters. The van der Waals surface area contributed by atoms with Crippen LogP contribution >= 0.6 is 23.8 Å². The van der Waals surface area contributed by atoms with E-state index in [2.05, 4.69) is 15.6 Å². The minimum atomic E-state index is -0.986. The van der Waals surface area contributed by atoms with Crippen LogP contribution in [0.25, 0.3) is 5.69 Å². The molecule has 1 amide bonds. The lowest BCUT2D eigenvalue weighted by molar-refractivity contribution is -0.119. The number of rotatable bonds is 8. The van der Waals surface area contributed by atoms with Gasteiger partial charge >= 0.3 is 5.97 Å². The smallest absolute Gasteiger partial charge is 0.335 e. The number of pyridine rings is 1. The first-order valence-electron chi connectivity index (χ1n) is 12.0. The second kappa shape index (κ2) is 11.2. The van der Waals surface area contributed by atoms with Crippen molar-refractivity contribution in [3.63, 3.8) is 0 Å². The summed E-state index contributed by atoms with van der Waals surface area (Å²) in [6, 6.07) is 21.0. The molecule has 2 aromatic carbocycles. The molecule has 11 heteroatoms. The second-order valence-electron chi connectivity index (χ2n) is 8.80. The van der Waals surface area contributed by atoms with Gasteiger partial charge in [-0.05, 0) is 78.9 Å². The lowest BCUT2D eigenvalue weighted by Gasteiger charge is -2.29. The molecule has 0 saturated carbocycles. The van der Waals surface area contributed by atoms with Gasteiger partial charge in [0.2, 0.25) is 5.91 Å². The third kappa shape index (κ3) is 5.35. The van der Waals surface area contributed by atoms with E-state index < -0.39 is 5.97 Å². The van der Waals surface area contributed by atoms with Gasteiger partial charge < -0.3 is 29.9 Å². The first-order chi connectivity index (χ1) is 18.9. The molecule has 4 aromatic rings. The molecule has 0 spiro atoms. The predicted molar refractivity (Wildman–Crippen MR) is 153 cm³/mol. The summed E-state index contributed by atoms with van der Waals surface area (Å²) in [6.07, 6.45) is 3.65. The molecule has 1 fully saturated rings. The maximum absolute atomic E-state index is 12.0. The van der Waals surface area contributed by atoms with Crippen LogP contribution in [0.1, 0.15) is 33.8 Å². The number of hydrogen-bond acceptors (Lipinski definition) is 5. The van der Waals surface area contributed by atoms with Crippen LogP contribution in [-0.2, 0) is 9.53 Å². The fraction of sp³-hybridized carbons (Fsp3) is 0.143. The molecule has 2 aromatic heterocycles. The summed E-state index contributed by atoms with van der Waals surface area (Å²) in [5, 5.41) is 16.3.